The third kappa shape index (κ3) is 6.74. The molecule has 9 heteroatoms. The van der Waals surface area contributed by atoms with Crippen LogP contribution in [-0.4, -0.2) is 35.4 Å². The lowest BCUT2D eigenvalue weighted by atomic mass is 10.1. The summed E-state index contributed by atoms with van der Waals surface area (Å²) in [6.45, 7) is 4.93. The second kappa shape index (κ2) is 11.2. The van der Waals surface area contributed by atoms with Crippen molar-refractivity contribution < 1.29 is 27.9 Å². The SMILES string of the molecule is Cc1cccc(C)c1NC(=O)CNC(=O)C(C)OC(=O)CCc1ncc(-c2ccc(F)cc2)o1. The van der Waals surface area contributed by atoms with E-state index in [1.165, 1.54) is 25.3 Å². The Morgan fingerprint density at radius 2 is 1.76 bits per heavy atom. The van der Waals surface area contributed by atoms with Crippen LogP contribution in [-0.2, 0) is 25.5 Å². The summed E-state index contributed by atoms with van der Waals surface area (Å²) in [5.74, 6) is -1.16. The number of carbonyl (C=O) groups excluding carboxylic acids is 3. The van der Waals surface area contributed by atoms with Crippen molar-refractivity contribution in [2.45, 2.75) is 39.7 Å². The van der Waals surface area contributed by atoms with Gasteiger partial charge in [0.15, 0.2) is 17.8 Å². The number of hydrogen-bond acceptors (Lipinski definition) is 6. The number of nitrogens with zero attached hydrogens (tertiary/aromatic N) is 1. The third-order valence-corrected chi connectivity index (χ3v) is 5.07. The summed E-state index contributed by atoms with van der Waals surface area (Å²) >= 11 is 0. The van der Waals surface area contributed by atoms with Crippen molar-refractivity contribution in [2.75, 3.05) is 11.9 Å². The van der Waals surface area contributed by atoms with Crippen LogP contribution in [0.2, 0.25) is 0 Å². The Morgan fingerprint density at radius 3 is 2.44 bits per heavy atom. The molecular formula is C25H26FN3O5. The van der Waals surface area contributed by atoms with Crippen molar-refractivity contribution in [1.82, 2.24) is 10.3 Å². The van der Waals surface area contributed by atoms with Crippen LogP contribution < -0.4 is 10.6 Å². The molecule has 1 atom stereocenters. The monoisotopic (exact) mass is 467 g/mol. The smallest absolute Gasteiger partial charge is 0.307 e. The molecule has 2 N–H and O–H groups in total. The van der Waals surface area contributed by atoms with Crippen LogP contribution in [0.1, 0.15) is 30.4 Å². The first-order chi connectivity index (χ1) is 16.2. The van der Waals surface area contributed by atoms with E-state index in [2.05, 4.69) is 15.6 Å². The molecule has 3 rings (SSSR count). The number of para-hydroxylation sites is 1. The van der Waals surface area contributed by atoms with Crippen LogP contribution in [0.5, 0.6) is 0 Å². The average Bonchev–Trinajstić information content (AvgIpc) is 3.28. The van der Waals surface area contributed by atoms with Gasteiger partial charge >= 0.3 is 5.97 Å². The average molecular weight is 467 g/mol. The van der Waals surface area contributed by atoms with Crippen LogP contribution in [0.25, 0.3) is 11.3 Å². The molecule has 1 unspecified atom stereocenters. The van der Waals surface area contributed by atoms with Gasteiger partial charge in [0.1, 0.15) is 5.82 Å². The fourth-order valence-electron chi connectivity index (χ4n) is 3.20. The van der Waals surface area contributed by atoms with E-state index in [1.54, 1.807) is 12.1 Å². The van der Waals surface area contributed by atoms with Crippen LogP contribution in [0, 0.1) is 19.7 Å². The van der Waals surface area contributed by atoms with Gasteiger partial charge in [-0.2, -0.15) is 0 Å². The molecule has 1 heterocycles. The summed E-state index contributed by atoms with van der Waals surface area (Å²) in [4.78, 5) is 40.6. The summed E-state index contributed by atoms with van der Waals surface area (Å²) in [7, 11) is 0. The van der Waals surface area contributed by atoms with Crippen LogP contribution in [0.15, 0.2) is 53.1 Å². The van der Waals surface area contributed by atoms with Crippen LogP contribution >= 0.6 is 0 Å². The maximum atomic E-state index is 13.0. The first-order valence-corrected chi connectivity index (χ1v) is 10.8. The lowest BCUT2D eigenvalue weighted by Crippen LogP contribution is -2.40. The normalized spacial score (nSPS) is 11.5. The summed E-state index contributed by atoms with van der Waals surface area (Å²) in [5.41, 5.74) is 3.20. The Labute approximate surface area is 196 Å². The molecule has 1 aromatic heterocycles. The molecule has 0 saturated carbocycles. The summed E-state index contributed by atoms with van der Waals surface area (Å²) in [5, 5.41) is 5.23. The number of anilines is 1. The Hall–Kier alpha value is -4.01. The number of oxazole rings is 1. The van der Waals surface area contributed by atoms with Gasteiger partial charge in [0.2, 0.25) is 5.91 Å². The highest BCUT2D eigenvalue weighted by Gasteiger charge is 2.19. The highest BCUT2D eigenvalue weighted by atomic mass is 19.1. The Bertz CT molecular complexity index is 1150. The van der Waals surface area contributed by atoms with Crippen molar-refractivity contribution in [3.8, 4) is 11.3 Å². The van der Waals surface area contributed by atoms with E-state index >= 15 is 0 Å². The first-order valence-electron chi connectivity index (χ1n) is 10.8. The predicted octanol–water partition coefficient (Wildman–Crippen LogP) is 3.72. The summed E-state index contributed by atoms with van der Waals surface area (Å²) < 4.78 is 23.7. The second-order valence-electron chi connectivity index (χ2n) is 7.79. The number of nitrogens with one attached hydrogen (secondary N) is 2. The number of benzene rings is 2. The maximum absolute atomic E-state index is 13.0. The van der Waals surface area contributed by atoms with Gasteiger partial charge in [-0.15, -0.1) is 0 Å². The summed E-state index contributed by atoms with van der Waals surface area (Å²) in [6, 6.07) is 11.4. The molecule has 2 aromatic carbocycles. The number of rotatable bonds is 9. The zero-order chi connectivity index (χ0) is 24.7. The molecular weight excluding hydrogens is 441 g/mol. The van der Waals surface area contributed by atoms with E-state index in [9.17, 15) is 18.8 Å². The minimum Gasteiger partial charge on any atom is -0.453 e. The fourth-order valence-corrected chi connectivity index (χ4v) is 3.20. The van der Waals surface area contributed by atoms with Gasteiger partial charge in [0.25, 0.3) is 5.91 Å². The highest BCUT2D eigenvalue weighted by molar-refractivity contribution is 5.96. The minimum absolute atomic E-state index is 0.0476. The molecule has 8 nitrogen and oxygen atoms in total. The molecule has 0 aliphatic heterocycles. The molecule has 3 aromatic rings. The first kappa shape index (κ1) is 24.6. The van der Waals surface area contributed by atoms with Crippen molar-refractivity contribution in [2.24, 2.45) is 0 Å². The number of aryl methyl sites for hydroxylation is 3. The molecule has 0 fully saturated rings. The molecule has 0 radical (unpaired) electrons. The molecule has 178 valence electrons. The van der Waals surface area contributed by atoms with Crippen molar-refractivity contribution in [1.29, 1.82) is 0 Å². The zero-order valence-corrected chi connectivity index (χ0v) is 19.2. The Kier molecular flexibility index (Phi) is 8.13. The number of ether oxygens (including phenoxy) is 1. The van der Waals surface area contributed by atoms with E-state index in [0.717, 1.165) is 11.1 Å². The molecule has 0 spiro atoms. The van der Waals surface area contributed by atoms with Gasteiger partial charge in [0.05, 0.1) is 19.2 Å². The van der Waals surface area contributed by atoms with E-state index in [-0.39, 0.29) is 31.1 Å². The van der Waals surface area contributed by atoms with Gasteiger partial charge in [-0.05, 0) is 56.2 Å². The van der Waals surface area contributed by atoms with Gasteiger partial charge < -0.3 is 19.8 Å². The van der Waals surface area contributed by atoms with Crippen molar-refractivity contribution >= 4 is 23.5 Å². The van der Waals surface area contributed by atoms with E-state index in [0.29, 0.717) is 22.9 Å². The number of hydrogen-bond donors (Lipinski definition) is 2. The number of carbonyl (C=O) groups is 3. The number of amides is 2. The standard InChI is InChI=1S/C25H26FN3O5/c1-15-5-4-6-16(2)24(15)29-21(30)14-28-25(32)17(3)33-23(31)12-11-22-27-13-20(34-22)18-7-9-19(26)10-8-18/h4-10,13,17H,11-12,14H2,1-3H3,(H,28,32)(H,29,30). The van der Waals surface area contributed by atoms with E-state index < -0.39 is 18.0 Å². The third-order valence-electron chi connectivity index (χ3n) is 5.07. The fraction of sp³-hybridized carbons (Fsp3) is 0.280. The second-order valence-corrected chi connectivity index (χ2v) is 7.79. The maximum Gasteiger partial charge on any atom is 0.307 e. The molecule has 0 aliphatic rings. The Morgan fingerprint density at radius 1 is 1.09 bits per heavy atom. The molecule has 2 amide bonds. The van der Waals surface area contributed by atoms with Crippen LogP contribution in [0.4, 0.5) is 10.1 Å². The predicted molar refractivity (Wildman–Crippen MR) is 123 cm³/mol. The number of aromatic nitrogens is 1. The number of halogens is 1. The topological polar surface area (TPSA) is 111 Å². The highest BCUT2D eigenvalue weighted by Crippen LogP contribution is 2.21. The van der Waals surface area contributed by atoms with Crippen molar-refractivity contribution in [3.05, 3.63) is 71.5 Å². The molecule has 34 heavy (non-hydrogen) atoms. The van der Waals surface area contributed by atoms with Gasteiger partial charge in [-0.25, -0.2) is 9.37 Å². The van der Waals surface area contributed by atoms with Crippen molar-refractivity contribution in [3.63, 3.8) is 0 Å². The summed E-state index contributed by atoms with van der Waals surface area (Å²) in [6.07, 6.45) is 0.549. The molecule has 0 bridgehead atoms. The van der Waals surface area contributed by atoms with Gasteiger partial charge in [-0.1, -0.05) is 18.2 Å². The number of esters is 1. The Balaban J connectivity index is 1.41. The minimum atomic E-state index is -1.07. The van der Waals surface area contributed by atoms with E-state index in [1.807, 2.05) is 32.0 Å². The van der Waals surface area contributed by atoms with Crippen LogP contribution in [0.3, 0.4) is 0 Å². The molecule has 0 saturated heterocycles. The van der Waals surface area contributed by atoms with Gasteiger partial charge in [-0.3, -0.25) is 14.4 Å². The molecule has 0 aliphatic carbocycles. The largest absolute Gasteiger partial charge is 0.453 e. The van der Waals surface area contributed by atoms with Gasteiger partial charge in [0, 0.05) is 17.7 Å². The zero-order valence-electron chi connectivity index (χ0n) is 19.2. The quantitative estimate of drug-likeness (QED) is 0.464. The van der Waals surface area contributed by atoms with E-state index in [4.69, 9.17) is 9.15 Å². The lowest BCUT2D eigenvalue weighted by molar-refractivity contribution is -0.154. The lowest BCUT2D eigenvalue weighted by Gasteiger charge is -2.14.